The first kappa shape index (κ1) is 7.56. The molecule has 2 rings (SSSR count). The predicted octanol–water partition coefficient (Wildman–Crippen LogP) is 0.847. The predicted molar refractivity (Wildman–Crippen MR) is 45.7 cm³/mol. The summed E-state index contributed by atoms with van der Waals surface area (Å²) in [6, 6.07) is 1.78. The summed E-state index contributed by atoms with van der Waals surface area (Å²) in [6.45, 7) is 2.20. The Bertz CT molecular complexity index is 126. The Labute approximate surface area is 69.0 Å². The van der Waals surface area contributed by atoms with Gasteiger partial charge >= 0.3 is 0 Å². The lowest BCUT2D eigenvalue weighted by Crippen LogP contribution is -2.40. The van der Waals surface area contributed by atoms with Gasteiger partial charge in [-0.1, -0.05) is 0 Å². The number of hydrogen-bond acceptors (Lipinski definition) is 1. The van der Waals surface area contributed by atoms with Gasteiger partial charge in [-0.3, -0.25) is 0 Å². The van der Waals surface area contributed by atoms with E-state index in [9.17, 15) is 0 Å². The second-order valence-corrected chi connectivity index (χ2v) is 3.80. The Morgan fingerprint density at radius 2 is 1.55 bits per heavy atom. The van der Waals surface area contributed by atoms with E-state index >= 15 is 0 Å². The van der Waals surface area contributed by atoms with E-state index in [4.69, 9.17) is 0 Å². The van der Waals surface area contributed by atoms with Crippen molar-refractivity contribution in [2.75, 3.05) is 20.1 Å². The Morgan fingerprint density at radius 3 is 2.09 bits per heavy atom. The molecular weight excluding hydrogens is 136 g/mol. The molecule has 2 heteroatoms. The Balaban J connectivity index is 1.81. The Morgan fingerprint density at radius 1 is 1.00 bits per heavy atom. The van der Waals surface area contributed by atoms with Crippen LogP contribution in [0.1, 0.15) is 25.7 Å². The van der Waals surface area contributed by atoms with E-state index in [-0.39, 0.29) is 0 Å². The van der Waals surface area contributed by atoms with Crippen LogP contribution in [-0.4, -0.2) is 37.1 Å². The van der Waals surface area contributed by atoms with Crippen molar-refractivity contribution in [2.24, 2.45) is 0 Å². The van der Waals surface area contributed by atoms with Crippen molar-refractivity contribution in [2.45, 2.75) is 37.8 Å². The second-order valence-electron chi connectivity index (χ2n) is 3.80. The summed E-state index contributed by atoms with van der Waals surface area (Å²) < 4.78 is 0. The van der Waals surface area contributed by atoms with Gasteiger partial charge < -0.3 is 4.90 Å². The fourth-order valence-electron chi connectivity index (χ4n) is 1.92. The van der Waals surface area contributed by atoms with Crippen LogP contribution >= 0.6 is 0 Å². The zero-order valence-corrected chi connectivity index (χ0v) is 7.29. The summed E-state index contributed by atoms with van der Waals surface area (Å²) in [5.41, 5.74) is 0. The summed E-state index contributed by atoms with van der Waals surface area (Å²) in [5.74, 6) is 0. The molecule has 1 saturated heterocycles. The second kappa shape index (κ2) is 3.11. The third-order valence-corrected chi connectivity index (χ3v) is 2.94. The van der Waals surface area contributed by atoms with Crippen molar-refractivity contribution in [1.29, 1.82) is 0 Å². The molecule has 1 aliphatic heterocycles. The monoisotopic (exact) mass is 153 g/mol. The third kappa shape index (κ3) is 1.74. The minimum absolute atomic E-state index is 0.847. The van der Waals surface area contributed by atoms with Gasteiger partial charge in [0.2, 0.25) is 0 Å². The highest BCUT2D eigenvalue weighted by molar-refractivity contribution is 4.88. The lowest BCUT2D eigenvalue weighted by atomic mass is 10.1. The average molecular weight is 153 g/mol. The van der Waals surface area contributed by atoms with Gasteiger partial charge in [0, 0.05) is 25.2 Å². The van der Waals surface area contributed by atoms with Crippen LogP contribution in [0.4, 0.5) is 0 Å². The SMILES string of the molecule is CN(C1CC[N]CC1)C1CC1. The molecule has 2 nitrogen and oxygen atoms in total. The molecule has 2 fully saturated rings. The zero-order valence-electron chi connectivity index (χ0n) is 7.29. The molecule has 0 aromatic heterocycles. The van der Waals surface area contributed by atoms with Crippen LogP contribution in [0.15, 0.2) is 0 Å². The average Bonchev–Trinajstić information content (AvgIpc) is 2.87. The van der Waals surface area contributed by atoms with Crippen molar-refractivity contribution in [1.82, 2.24) is 10.2 Å². The highest BCUT2D eigenvalue weighted by Crippen LogP contribution is 2.29. The molecule has 0 aromatic rings. The van der Waals surface area contributed by atoms with Gasteiger partial charge in [0.15, 0.2) is 0 Å². The number of hydrogen-bond donors (Lipinski definition) is 0. The van der Waals surface area contributed by atoms with Crippen LogP contribution in [0.25, 0.3) is 0 Å². The highest BCUT2D eigenvalue weighted by atomic mass is 15.2. The first-order valence-electron chi connectivity index (χ1n) is 4.73. The van der Waals surface area contributed by atoms with Crippen molar-refractivity contribution >= 4 is 0 Å². The van der Waals surface area contributed by atoms with Gasteiger partial charge in [0.1, 0.15) is 0 Å². The molecule has 1 radical (unpaired) electrons. The van der Waals surface area contributed by atoms with Crippen LogP contribution in [0.5, 0.6) is 0 Å². The first-order chi connectivity index (χ1) is 5.38. The van der Waals surface area contributed by atoms with Crippen molar-refractivity contribution in [3.8, 4) is 0 Å². The molecule has 0 aromatic carbocycles. The van der Waals surface area contributed by atoms with E-state index in [0.29, 0.717) is 0 Å². The molecule has 1 heterocycles. The van der Waals surface area contributed by atoms with Gasteiger partial charge in [-0.15, -0.1) is 0 Å². The van der Waals surface area contributed by atoms with Crippen LogP contribution in [0, 0.1) is 0 Å². The van der Waals surface area contributed by atoms with Crippen LogP contribution in [-0.2, 0) is 0 Å². The van der Waals surface area contributed by atoms with E-state index in [1.165, 1.54) is 25.7 Å². The molecule has 11 heavy (non-hydrogen) atoms. The molecule has 2 aliphatic rings. The molecule has 1 aliphatic carbocycles. The third-order valence-electron chi connectivity index (χ3n) is 2.94. The molecule has 0 unspecified atom stereocenters. The summed E-state index contributed by atoms with van der Waals surface area (Å²) in [6.07, 6.45) is 5.47. The summed E-state index contributed by atoms with van der Waals surface area (Å²) >= 11 is 0. The van der Waals surface area contributed by atoms with E-state index in [1.54, 1.807) is 0 Å². The standard InChI is InChI=1S/C9H17N2/c1-11(8-2-3-8)9-4-6-10-7-5-9/h8-9H,2-7H2,1H3. The topological polar surface area (TPSA) is 17.3 Å². The summed E-state index contributed by atoms with van der Waals surface area (Å²) in [5, 5.41) is 4.36. The minimum atomic E-state index is 0.847. The van der Waals surface area contributed by atoms with E-state index in [0.717, 1.165) is 25.2 Å². The highest BCUT2D eigenvalue weighted by Gasteiger charge is 2.31. The molecule has 0 spiro atoms. The maximum atomic E-state index is 4.36. The fourth-order valence-corrected chi connectivity index (χ4v) is 1.92. The fraction of sp³-hybridized carbons (Fsp3) is 1.00. The van der Waals surface area contributed by atoms with Crippen molar-refractivity contribution in [3.05, 3.63) is 0 Å². The molecule has 0 amide bonds. The van der Waals surface area contributed by atoms with Gasteiger partial charge in [0.25, 0.3) is 0 Å². The van der Waals surface area contributed by atoms with Crippen LogP contribution < -0.4 is 5.32 Å². The Hall–Kier alpha value is -0.0800. The lowest BCUT2D eigenvalue weighted by Gasteiger charge is -2.30. The van der Waals surface area contributed by atoms with E-state index < -0.39 is 0 Å². The molecule has 63 valence electrons. The van der Waals surface area contributed by atoms with Crippen molar-refractivity contribution < 1.29 is 0 Å². The maximum absolute atomic E-state index is 4.36. The van der Waals surface area contributed by atoms with Gasteiger partial charge in [-0.05, 0) is 32.7 Å². The van der Waals surface area contributed by atoms with Gasteiger partial charge in [-0.25, -0.2) is 5.32 Å². The van der Waals surface area contributed by atoms with Gasteiger partial charge in [0.05, 0.1) is 0 Å². The molecule has 0 bridgehead atoms. The summed E-state index contributed by atoms with van der Waals surface area (Å²) in [4.78, 5) is 2.58. The largest absolute Gasteiger partial charge is 0.300 e. The van der Waals surface area contributed by atoms with Gasteiger partial charge in [-0.2, -0.15) is 0 Å². The molecule has 0 atom stereocenters. The maximum Gasteiger partial charge on any atom is 0.0148 e. The van der Waals surface area contributed by atoms with Crippen molar-refractivity contribution in [3.63, 3.8) is 0 Å². The minimum Gasteiger partial charge on any atom is -0.300 e. The normalized spacial score (nSPS) is 27.8. The van der Waals surface area contributed by atoms with E-state index in [2.05, 4.69) is 17.3 Å². The van der Waals surface area contributed by atoms with E-state index in [1.807, 2.05) is 0 Å². The molecular formula is C9H17N2. The smallest absolute Gasteiger partial charge is 0.0148 e. The summed E-state index contributed by atoms with van der Waals surface area (Å²) in [7, 11) is 2.29. The molecule has 1 saturated carbocycles. The molecule has 0 N–H and O–H groups in total. The first-order valence-corrected chi connectivity index (χ1v) is 4.73. The number of piperidine rings is 1. The number of nitrogens with zero attached hydrogens (tertiary/aromatic N) is 2. The lowest BCUT2D eigenvalue weighted by molar-refractivity contribution is 0.189. The number of rotatable bonds is 2. The Kier molecular flexibility index (Phi) is 2.14. The van der Waals surface area contributed by atoms with Crippen LogP contribution in [0.2, 0.25) is 0 Å². The van der Waals surface area contributed by atoms with Crippen LogP contribution in [0.3, 0.4) is 0 Å². The quantitative estimate of drug-likeness (QED) is 0.575. The zero-order chi connectivity index (χ0) is 7.68.